The molecule has 2 atom stereocenters. The van der Waals surface area contributed by atoms with Crippen LogP contribution in [0.5, 0.6) is 17.2 Å². The molecule has 1 saturated heterocycles. The summed E-state index contributed by atoms with van der Waals surface area (Å²) in [7, 11) is 4.64. The lowest BCUT2D eigenvalue weighted by molar-refractivity contribution is -0.136. The molecule has 2 amide bonds. The minimum Gasteiger partial charge on any atom is -0.493 e. The molecule has 10 nitrogen and oxygen atoms in total. The topological polar surface area (TPSA) is 126 Å². The average molecular weight is 650 g/mol. The molecule has 0 spiro atoms. The van der Waals surface area contributed by atoms with Crippen LogP contribution in [-0.4, -0.2) is 62.3 Å². The molecule has 1 fully saturated rings. The third-order valence-electron chi connectivity index (χ3n) is 8.94. The van der Waals surface area contributed by atoms with Gasteiger partial charge >= 0.3 is 0 Å². The van der Waals surface area contributed by atoms with E-state index in [4.69, 9.17) is 25.8 Å². The Morgan fingerprint density at radius 2 is 1.67 bits per heavy atom. The van der Waals surface area contributed by atoms with E-state index in [1.807, 2.05) is 24.3 Å². The van der Waals surface area contributed by atoms with Crippen LogP contribution in [0.3, 0.4) is 0 Å². The smallest absolute Gasteiger partial charge is 0.244 e. The first-order valence-corrected chi connectivity index (χ1v) is 15.7. The van der Waals surface area contributed by atoms with E-state index in [0.29, 0.717) is 72.2 Å². The molecule has 11 heteroatoms. The number of ether oxygens (including phenoxy) is 3. The molecule has 0 radical (unpaired) electrons. The van der Waals surface area contributed by atoms with Gasteiger partial charge in [-0.25, -0.2) is 0 Å². The number of halogens is 1. The van der Waals surface area contributed by atoms with Gasteiger partial charge in [-0.05, 0) is 85.2 Å². The molecule has 0 aromatic heterocycles. The zero-order valence-electron chi connectivity index (χ0n) is 26.7. The van der Waals surface area contributed by atoms with Crippen molar-refractivity contribution in [2.75, 3.05) is 39.7 Å². The number of piperidine rings is 1. The van der Waals surface area contributed by atoms with E-state index in [2.05, 4.69) is 10.6 Å². The van der Waals surface area contributed by atoms with Gasteiger partial charge < -0.3 is 34.9 Å². The summed E-state index contributed by atoms with van der Waals surface area (Å²) in [6.07, 6.45) is 1.89. The first-order valence-electron chi connectivity index (χ1n) is 15.3. The summed E-state index contributed by atoms with van der Waals surface area (Å²) in [5, 5.41) is 18.0. The van der Waals surface area contributed by atoms with Crippen molar-refractivity contribution in [2.24, 2.45) is 0 Å². The summed E-state index contributed by atoms with van der Waals surface area (Å²) >= 11 is 6.02. The van der Waals surface area contributed by atoms with Gasteiger partial charge in [0.1, 0.15) is 6.04 Å². The van der Waals surface area contributed by atoms with Gasteiger partial charge in [0, 0.05) is 30.6 Å². The lowest BCUT2D eigenvalue weighted by Gasteiger charge is -2.39. The minimum absolute atomic E-state index is 0.175. The zero-order chi connectivity index (χ0) is 33.2. The first kappa shape index (κ1) is 33.1. The third kappa shape index (κ3) is 6.50. The van der Waals surface area contributed by atoms with Gasteiger partial charge in [-0.1, -0.05) is 29.8 Å². The molecular formula is C35H40ClN3O7. The van der Waals surface area contributed by atoms with Crippen LogP contribution >= 0.6 is 11.6 Å². The first-order chi connectivity index (χ1) is 22.0. The summed E-state index contributed by atoms with van der Waals surface area (Å²) in [4.78, 5) is 41.2. The molecule has 1 aliphatic heterocycles. The van der Waals surface area contributed by atoms with Crippen molar-refractivity contribution in [1.82, 2.24) is 10.2 Å². The Balaban J connectivity index is 1.45. The SMILES string of the molecule is COc1cc2c(c(OC)c1OC)-c1ccc(N[C@@H](C)C(=O)N3CCC(O)(c4ccc(Cl)cc4)CC3)c(=O)cc1[C@@H](NC(C)=O)CC2. The maximum absolute atomic E-state index is 13.7. The normalized spacial score (nSPS) is 17.5. The van der Waals surface area contributed by atoms with Crippen LogP contribution in [0.1, 0.15) is 55.8 Å². The lowest BCUT2D eigenvalue weighted by atomic mass is 9.84. The van der Waals surface area contributed by atoms with Crippen molar-refractivity contribution < 1.29 is 28.9 Å². The number of rotatable bonds is 8. The summed E-state index contributed by atoms with van der Waals surface area (Å²) in [5.41, 5.74) is 2.65. The molecule has 5 rings (SSSR count). The van der Waals surface area contributed by atoms with Crippen LogP contribution in [0.15, 0.2) is 53.3 Å². The van der Waals surface area contributed by atoms with Gasteiger partial charge in [0.15, 0.2) is 11.5 Å². The maximum atomic E-state index is 13.7. The van der Waals surface area contributed by atoms with E-state index >= 15 is 0 Å². The Kier molecular flexibility index (Phi) is 9.79. The standard InChI is InChI=1S/C35H40ClN3O7/c1-20(34(42)39-16-14-35(43,15-17-39)23-7-9-24(36)10-8-23)37-28-13-11-25-26(19-29(28)41)27(38-21(2)40)12-6-22-18-30(44-3)32(45-4)33(46-5)31(22)25/h7-11,13,18-20,27,43H,6,12,14-17H2,1-5H3,(H,37,41)(H,38,40)/t20-,27-/m0/s1. The fraction of sp³-hybridized carbons (Fsp3) is 0.400. The summed E-state index contributed by atoms with van der Waals surface area (Å²) < 4.78 is 17.1. The van der Waals surface area contributed by atoms with Crippen molar-refractivity contribution in [3.05, 3.63) is 80.5 Å². The molecule has 1 aliphatic carbocycles. The molecule has 46 heavy (non-hydrogen) atoms. The molecule has 3 aromatic rings. The number of carbonyl (C=O) groups excluding carboxylic acids is 2. The number of aliphatic hydroxyl groups is 1. The van der Waals surface area contributed by atoms with Gasteiger partial charge in [-0.3, -0.25) is 14.4 Å². The van der Waals surface area contributed by atoms with Crippen LogP contribution in [0.2, 0.25) is 5.02 Å². The van der Waals surface area contributed by atoms with E-state index in [-0.39, 0.29) is 22.9 Å². The molecule has 244 valence electrons. The van der Waals surface area contributed by atoms with E-state index in [0.717, 1.165) is 16.7 Å². The number of likely N-dealkylation sites (tertiary alicyclic amines) is 1. The van der Waals surface area contributed by atoms with Gasteiger partial charge in [0.05, 0.1) is 38.7 Å². The second kappa shape index (κ2) is 13.6. The fourth-order valence-electron chi connectivity index (χ4n) is 6.54. The predicted octanol–water partition coefficient (Wildman–Crippen LogP) is 4.83. The number of methoxy groups -OCH3 is 3. The van der Waals surface area contributed by atoms with Crippen molar-refractivity contribution in [1.29, 1.82) is 0 Å². The van der Waals surface area contributed by atoms with Gasteiger partial charge in [0.25, 0.3) is 0 Å². The molecule has 3 N–H and O–H groups in total. The molecular weight excluding hydrogens is 610 g/mol. The number of hydrogen-bond acceptors (Lipinski definition) is 8. The number of nitrogens with zero attached hydrogens (tertiary/aromatic N) is 1. The number of benzene rings is 2. The molecule has 0 saturated carbocycles. The average Bonchev–Trinajstić information content (AvgIpc) is 3.28. The zero-order valence-corrected chi connectivity index (χ0v) is 27.5. The second-order valence-corrected chi connectivity index (χ2v) is 12.3. The number of amides is 2. The second-order valence-electron chi connectivity index (χ2n) is 11.8. The predicted molar refractivity (Wildman–Crippen MR) is 177 cm³/mol. The highest BCUT2D eigenvalue weighted by molar-refractivity contribution is 6.30. The summed E-state index contributed by atoms with van der Waals surface area (Å²) in [5.74, 6) is 1.00. The number of carbonyl (C=O) groups is 2. The molecule has 1 heterocycles. The minimum atomic E-state index is -1.04. The van der Waals surface area contributed by atoms with Crippen molar-refractivity contribution >= 4 is 29.1 Å². The monoisotopic (exact) mass is 649 g/mol. The quantitative estimate of drug-likeness (QED) is 0.317. The van der Waals surface area contributed by atoms with E-state index < -0.39 is 17.7 Å². The van der Waals surface area contributed by atoms with Gasteiger partial charge in [-0.15, -0.1) is 0 Å². The number of nitrogens with one attached hydrogen (secondary N) is 2. The van der Waals surface area contributed by atoms with E-state index in [9.17, 15) is 19.5 Å². The highest BCUT2D eigenvalue weighted by atomic mass is 35.5. The lowest BCUT2D eigenvalue weighted by Crippen LogP contribution is -2.49. The highest BCUT2D eigenvalue weighted by Gasteiger charge is 2.36. The Labute approximate surface area is 273 Å². The van der Waals surface area contributed by atoms with Gasteiger partial charge in [-0.2, -0.15) is 0 Å². The van der Waals surface area contributed by atoms with Crippen LogP contribution in [-0.2, 0) is 21.6 Å². The van der Waals surface area contributed by atoms with Crippen LogP contribution in [0, 0.1) is 0 Å². The Bertz CT molecular complexity index is 1690. The third-order valence-corrected chi connectivity index (χ3v) is 9.19. The summed E-state index contributed by atoms with van der Waals surface area (Å²) in [6.45, 7) is 3.90. The van der Waals surface area contributed by atoms with Crippen molar-refractivity contribution in [3.8, 4) is 28.4 Å². The van der Waals surface area contributed by atoms with Crippen molar-refractivity contribution in [2.45, 2.75) is 57.2 Å². The van der Waals surface area contributed by atoms with Crippen LogP contribution in [0.25, 0.3) is 11.1 Å². The Morgan fingerprint density at radius 3 is 2.28 bits per heavy atom. The van der Waals surface area contributed by atoms with Gasteiger partial charge in [0.2, 0.25) is 23.0 Å². The maximum Gasteiger partial charge on any atom is 0.244 e. The summed E-state index contributed by atoms with van der Waals surface area (Å²) in [6, 6.07) is 12.9. The molecule has 0 unspecified atom stereocenters. The van der Waals surface area contributed by atoms with E-state index in [1.165, 1.54) is 20.1 Å². The molecule has 3 aromatic carbocycles. The van der Waals surface area contributed by atoms with Crippen LogP contribution in [0.4, 0.5) is 5.69 Å². The fourth-order valence-corrected chi connectivity index (χ4v) is 6.67. The van der Waals surface area contributed by atoms with E-state index in [1.54, 1.807) is 44.2 Å². The Morgan fingerprint density at radius 1 is 1.00 bits per heavy atom. The van der Waals surface area contributed by atoms with Crippen molar-refractivity contribution in [3.63, 3.8) is 0 Å². The van der Waals surface area contributed by atoms with Crippen LogP contribution < -0.4 is 30.3 Å². The Hall–Kier alpha value is -4.28. The largest absolute Gasteiger partial charge is 0.493 e. The molecule has 2 aliphatic rings. The number of hydrogen-bond donors (Lipinski definition) is 3. The number of fused-ring (bicyclic) bond motifs is 3. The molecule has 0 bridgehead atoms. The highest BCUT2D eigenvalue weighted by Crippen LogP contribution is 2.50. The number of anilines is 1. The number of aryl methyl sites for hydroxylation is 1.